The molecule has 2 aliphatic heterocycles. The maximum atomic E-state index is 6.46. The first-order valence-corrected chi connectivity index (χ1v) is 12.5. The maximum Gasteiger partial charge on any atom is 0.256 e. The molecule has 0 spiro atoms. The molecule has 2 aliphatic rings. The van der Waals surface area contributed by atoms with Gasteiger partial charge in [-0.3, -0.25) is 0 Å². The molecule has 5 aromatic carbocycles. The summed E-state index contributed by atoms with van der Waals surface area (Å²) < 4.78 is 11.7. The summed E-state index contributed by atoms with van der Waals surface area (Å²) in [4.78, 5) is 0. The van der Waals surface area contributed by atoms with E-state index in [1.807, 2.05) is 11.3 Å². The topological polar surface area (TPSA) is 14.2 Å². The van der Waals surface area contributed by atoms with E-state index in [1.54, 1.807) is 0 Å². The van der Waals surface area contributed by atoms with Crippen molar-refractivity contribution in [3.8, 4) is 17.2 Å². The van der Waals surface area contributed by atoms with Crippen LogP contribution in [-0.4, -0.2) is 11.3 Å². The van der Waals surface area contributed by atoms with E-state index in [0.29, 0.717) is 0 Å². The second-order valence-electron chi connectivity index (χ2n) is 9.28. The van der Waals surface area contributed by atoms with Gasteiger partial charge in [-0.25, -0.2) is 0 Å². The Labute approximate surface area is 199 Å². The Bertz CT molecular complexity index is 2010. The second kappa shape index (κ2) is 5.91. The fourth-order valence-electron chi connectivity index (χ4n) is 6.35. The van der Waals surface area contributed by atoms with E-state index in [4.69, 9.17) is 4.74 Å². The highest BCUT2D eigenvalue weighted by Gasteiger charge is 2.40. The summed E-state index contributed by atoms with van der Waals surface area (Å²) in [6, 6.07) is 35.2. The van der Waals surface area contributed by atoms with Gasteiger partial charge in [0, 0.05) is 36.6 Å². The predicted octanol–water partition coefficient (Wildman–Crippen LogP) is 6.09. The smallest absolute Gasteiger partial charge is 0.256 e. The number of hydrogen-bond donors (Lipinski definition) is 0. The van der Waals surface area contributed by atoms with Gasteiger partial charge in [0.05, 0.1) is 11.0 Å². The lowest BCUT2D eigenvalue weighted by Gasteiger charge is -2.33. The summed E-state index contributed by atoms with van der Waals surface area (Å²) in [5.41, 5.74) is 7.73. The molecule has 0 saturated carbocycles. The van der Waals surface area contributed by atoms with Gasteiger partial charge in [0.25, 0.3) is 6.71 Å². The molecule has 0 N–H and O–H groups in total. The van der Waals surface area contributed by atoms with Crippen LogP contribution in [0.2, 0.25) is 0 Å². The van der Waals surface area contributed by atoms with Crippen LogP contribution in [0.4, 0.5) is 0 Å². The van der Waals surface area contributed by atoms with Gasteiger partial charge in [0.1, 0.15) is 11.5 Å². The molecule has 0 unspecified atom stereocenters. The molecule has 0 bridgehead atoms. The minimum atomic E-state index is 0.151. The van der Waals surface area contributed by atoms with Crippen LogP contribution in [0, 0.1) is 0 Å². The number of hydrogen-bond acceptors (Lipinski definition) is 2. The van der Waals surface area contributed by atoms with Crippen molar-refractivity contribution in [3.63, 3.8) is 0 Å². The molecule has 0 atom stereocenters. The minimum Gasteiger partial charge on any atom is -0.458 e. The third kappa shape index (κ3) is 1.92. The van der Waals surface area contributed by atoms with Gasteiger partial charge in [0.2, 0.25) is 0 Å². The van der Waals surface area contributed by atoms with Gasteiger partial charge in [-0.1, -0.05) is 66.7 Å². The minimum absolute atomic E-state index is 0.151. The van der Waals surface area contributed by atoms with Crippen molar-refractivity contribution in [2.75, 3.05) is 0 Å². The number of benzene rings is 5. The van der Waals surface area contributed by atoms with E-state index in [-0.39, 0.29) is 6.71 Å². The van der Waals surface area contributed by atoms with Crippen LogP contribution in [0.5, 0.6) is 11.5 Å². The largest absolute Gasteiger partial charge is 0.458 e. The number of ether oxygens (including phenoxy) is 1. The van der Waals surface area contributed by atoms with Crippen molar-refractivity contribution in [3.05, 3.63) is 97.1 Å². The van der Waals surface area contributed by atoms with E-state index >= 15 is 0 Å². The van der Waals surface area contributed by atoms with Crippen molar-refractivity contribution in [2.45, 2.75) is 0 Å². The lowest BCUT2D eigenvalue weighted by atomic mass is 9.34. The van der Waals surface area contributed by atoms with Gasteiger partial charge in [0.15, 0.2) is 0 Å². The zero-order valence-corrected chi connectivity index (χ0v) is 18.9. The van der Waals surface area contributed by atoms with Crippen molar-refractivity contribution in [2.24, 2.45) is 0 Å². The van der Waals surface area contributed by atoms with Gasteiger partial charge in [-0.2, -0.15) is 0 Å². The molecule has 0 saturated heterocycles. The first-order chi connectivity index (χ1) is 16.9. The molecular formula is C30H16BNOS. The van der Waals surface area contributed by atoms with E-state index in [9.17, 15) is 0 Å². The van der Waals surface area contributed by atoms with Crippen LogP contribution in [0.25, 0.3) is 47.7 Å². The molecule has 34 heavy (non-hydrogen) atoms. The molecule has 9 rings (SSSR count). The summed E-state index contributed by atoms with van der Waals surface area (Å²) >= 11 is 1.92. The Kier molecular flexibility index (Phi) is 3.03. The fourth-order valence-corrected chi connectivity index (χ4v) is 7.59. The maximum absolute atomic E-state index is 6.46. The van der Waals surface area contributed by atoms with Crippen molar-refractivity contribution in [1.82, 2.24) is 4.57 Å². The second-order valence-corrected chi connectivity index (χ2v) is 10.3. The molecule has 7 aromatic rings. The quantitative estimate of drug-likeness (QED) is 0.256. The zero-order valence-electron chi connectivity index (χ0n) is 18.1. The Morgan fingerprint density at radius 3 is 2.44 bits per heavy atom. The molecule has 4 heteroatoms. The first kappa shape index (κ1) is 17.5. The lowest BCUT2D eigenvalue weighted by molar-refractivity contribution is 0.487. The normalized spacial score (nSPS) is 13.5. The molecule has 156 valence electrons. The standard InChI is InChI=1S/C30H16BNOS/c1-4-11-22-18(9-1)27-29-21(16-19-17-8-2-6-15-26(17)34-30(19)27)31-20-10-3-5-13-24(20)33-25-14-7-12-23(28(25)31)32(22)29/h1-16H. The highest BCUT2D eigenvalue weighted by molar-refractivity contribution is 7.27. The average molecular weight is 449 g/mol. The van der Waals surface area contributed by atoms with E-state index in [2.05, 4.69) is 102 Å². The van der Waals surface area contributed by atoms with E-state index < -0.39 is 0 Å². The number of nitrogens with zero attached hydrogens (tertiary/aromatic N) is 1. The van der Waals surface area contributed by atoms with Crippen LogP contribution in [-0.2, 0) is 0 Å². The monoisotopic (exact) mass is 449 g/mol. The van der Waals surface area contributed by atoms with E-state index in [1.165, 1.54) is 64.1 Å². The van der Waals surface area contributed by atoms with Crippen LogP contribution in [0.15, 0.2) is 97.1 Å². The number of fused-ring (bicyclic) bond motifs is 11. The van der Waals surface area contributed by atoms with Crippen LogP contribution < -0.4 is 21.1 Å². The Morgan fingerprint density at radius 1 is 0.676 bits per heavy atom. The molecule has 2 nitrogen and oxygen atoms in total. The highest BCUT2D eigenvalue weighted by atomic mass is 32.1. The number of aromatic nitrogens is 1. The van der Waals surface area contributed by atoms with E-state index in [0.717, 1.165) is 11.5 Å². The third-order valence-electron chi connectivity index (χ3n) is 7.64. The molecule has 2 aromatic heterocycles. The Balaban J connectivity index is 1.60. The highest BCUT2D eigenvalue weighted by Crippen LogP contribution is 2.44. The Hall–Kier alpha value is -4.02. The average Bonchev–Trinajstić information content (AvgIpc) is 3.43. The first-order valence-electron chi connectivity index (χ1n) is 11.7. The summed E-state index contributed by atoms with van der Waals surface area (Å²) in [5.74, 6) is 1.93. The number of para-hydroxylation sites is 2. The van der Waals surface area contributed by atoms with Crippen LogP contribution >= 0.6 is 11.3 Å². The van der Waals surface area contributed by atoms with Gasteiger partial charge in [-0.15, -0.1) is 11.3 Å². The summed E-state index contributed by atoms with van der Waals surface area (Å²) in [6.45, 7) is 0.151. The molecule has 0 fully saturated rings. The molecule has 0 aliphatic carbocycles. The summed E-state index contributed by atoms with van der Waals surface area (Å²) in [5, 5.41) is 5.40. The Morgan fingerprint density at radius 2 is 1.47 bits per heavy atom. The third-order valence-corrected chi connectivity index (χ3v) is 8.85. The van der Waals surface area contributed by atoms with Crippen molar-refractivity contribution in [1.29, 1.82) is 0 Å². The number of rotatable bonds is 0. The van der Waals surface area contributed by atoms with Gasteiger partial charge in [-0.05, 0) is 46.7 Å². The molecular weight excluding hydrogens is 433 g/mol. The molecule has 4 heterocycles. The van der Waals surface area contributed by atoms with Crippen molar-refractivity contribution >= 4 is 76.4 Å². The van der Waals surface area contributed by atoms with Gasteiger partial charge < -0.3 is 9.30 Å². The van der Waals surface area contributed by atoms with Crippen LogP contribution in [0.3, 0.4) is 0 Å². The fraction of sp³-hybridized carbons (Fsp3) is 0. The summed E-state index contributed by atoms with van der Waals surface area (Å²) in [7, 11) is 0. The zero-order chi connectivity index (χ0) is 22.0. The predicted molar refractivity (Wildman–Crippen MR) is 145 cm³/mol. The van der Waals surface area contributed by atoms with Gasteiger partial charge >= 0.3 is 0 Å². The van der Waals surface area contributed by atoms with Crippen LogP contribution in [0.1, 0.15) is 0 Å². The molecule has 0 amide bonds. The SMILES string of the molecule is c1ccc2c(c1)Oc1cccc3c1B2c1cc2c4ccccc4sc2c2c4ccccc4n-3c12. The lowest BCUT2D eigenvalue weighted by Crippen LogP contribution is -2.58. The number of thiophene rings is 1. The summed E-state index contributed by atoms with van der Waals surface area (Å²) in [6.07, 6.45) is 0. The van der Waals surface area contributed by atoms with Crippen molar-refractivity contribution < 1.29 is 4.74 Å². The molecule has 0 radical (unpaired) electrons.